The summed E-state index contributed by atoms with van der Waals surface area (Å²) in [6, 6.07) is 6.11. The van der Waals surface area contributed by atoms with Crippen LogP contribution in [-0.2, 0) is 0 Å². The van der Waals surface area contributed by atoms with Crippen LogP contribution in [0.2, 0.25) is 5.02 Å². The quantitative estimate of drug-likeness (QED) is 0.611. The number of nitrogens with zero attached hydrogens (tertiary/aromatic N) is 1. The zero-order chi connectivity index (χ0) is 8.97. The fourth-order valence-corrected chi connectivity index (χ4v) is 0.939. The van der Waals surface area contributed by atoms with Gasteiger partial charge in [0, 0.05) is 6.08 Å². The number of halogens is 2. The van der Waals surface area contributed by atoms with E-state index in [1.807, 2.05) is 6.07 Å². The Hall–Kier alpha value is -1.33. The first kappa shape index (κ1) is 8.76. The van der Waals surface area contributed by atoms with Crippen molar-refractivity contribution in [2.45, 2.75) is 0 Å². The molecule has 0 fully saturated rings. The Kier molecular flexibility index (Phi) is 2.84. The molecule has 1 nitrogen and oxygen atoms in total. The lowest BCUT2D eigenvalue weighted by molar-refractivity contribution is 0.628. The van der Waals surface area contributed by atoms with Crippen LogP contribution in [0.25, 0.3) is 6.08 Å². The van der Waals surface area contributed by atoms with Crippen molar-refractivity contribution in [2.75, 3.05) is 0 Å². The smallest absolute Gasteiger partial charge is 0.141 e. The standard InChI is InChI=1S/C9H5ClFN/c10-8-6-7(2-1-5-12)3-4-9(8)11/h1-4,6H/b2-1+. The molecule has 1 aromatic rings. The van der Waals surface area contributed by atoms with Crippen molar-refractivity contribution in [2.24, 2.45) is 0 Å². The summed E-state index contributed by atoms with van der Waals surface area (Å²) in [7, 11) is 0. The predicted octanol–water partition coefficient (Wildman–Crippen LogP) is 3.02. The summed E-state index contributed by atoms with van der Waals surface area (Å²) in [4.78, 5) is 0. The van der Waals surface area contributed by atoms with Crippen LogP contribution in [0.1, 0.15) is 5.56 Å². The Balaban J connectivity index is 2.99. The summed E-state index contributed by atoms with van der Waals surface area (Å²) in [5.41, 5.74) is 0.711. The Morgan fingerprint density at radius 2 is 2.25 bits per heavy atom. The molecule has 0 aliphatic heterocycles. The molecule has 0 saturated heterocycles. The van der Waals surface area contributed by atoms with Gasteiger partial charge in [-0.2, -0.15) is 5.26 Å². The monoisotopic (exact) mass is 181 g/mol. The van der Waals surface area contributed by atoms with Gasteiger partial charge in [0.2, 0.25) is 0 Å². The van der Waals surface area contributed by atoms with Crippen molar-refractivity contribution in [3.05, 3.63) is 40.7 Å². The lowest BCUT2D eigenvalue weighted by Gasteiger charge is -1.94. The average molecular weight is 182 g/mol. The van der Waals surface area contributed by atoms with Gasteiger partial charge in [0.25, 0.3) is 0 Å². The van der Waals surface area contributed by atoms with Crippen LogP contribution >= 0.6 is 11.6 Å². The SMILES string of the molecule is N#C/C=C/c1ccc(F)c(Cl)c1. The second-order valence-corrected chi connectivity index (χ2v) is 2.54. The third-order valence-electron chi connectivity index (χ3n) is 1.29. The molecule has 0 saturated carbocycles. The van der Waals surface area contributed by atoms with Crippen LogP contribution in [-0.4, -0.2) is 0 Å². The van der Waals surface area contributed by atoms with Gasteiger partial charge in [0.1, 0.15) is 5.82 Å². The van der Waals surface area contributed by atoms with Gasteiger partial charge >= 0.3 is 0 Å². The van der Waals surface area contributed by atoms with Gasteiger partial charge in [-0.1, -0.05) is 17.7 Å². The summed E-state index contributed by atoms with van der Waals surface area (Å²) in [6.07, 6.45) is 2.87. The van der Waals surface area contributed by atoms with E-state index in [0.717, 1.165) is 0 Å². The van der Waals surface area contributed by atoms with E-state index in [4.69, 9.17) is 16.9 Å². The normalized spacial score (nSPS) is 10.1. The molecule has 0 atom stereocenters. The Bertz CT molecular complexity index is 352. The van der Waals surface area contributed by atoms with E-state index in [0.29, 0.717) is 5.56 Å². The maximum Gasteiger partial charge on any atom is 0.141 e. The van der Waals surface area contributed by atoms with Crippen LogP contribution in [0.3, 0.4) is 0 Å². The molecule has 60 valence electrons. The van der Waals surface area contributed by atoms with Crippen molar-refractivity contribution in [1.29, 1.82) is 5.26 Å². The number of allylic oxidation sites excluding steroid dienone is 1. The van der Waals surface area contributed by atoms with Gasteiger partial charge in [0.15, 0.2) is 0 Å². The molecule has 0 bridgehead atoms. The van der Waals surface area contributed by atoms with E-state index in [9.17, 15) is 4.39 Å². The Morgan fingerprint density at radius 1 is 1.50 bits per heavy atom. The van der Waals surface area contributed by atoms with Gasteiger partial charge < -0.3 is 0 Å². The van der Waals surface area contributed by atoms with Crippen LogP contribution in [0, 0.1) is 17.1 Å². The summed E-state index contributed by atoms with van der Waals surface area (Å²) in [5, 5.41) is 8.27. The first-order valence-corrected chi connectivity index (χ1v) is 3.63. The minimum atomic E-state index is -0.453. The summed E-state index contributed by atoms with van der Waals surface area (Å²) in [5.74, 6) is -0.453. The van der Waals surface area contributed by atoms with Crippen LogP contribution in [0.5, 0.6) is 0 Å². The van der Waals surface area contributed by atoms with E-state index >= 15 is 0 Å². The van der Waals surface area contributed by atoms with Crippen molar-refractivity contribution in [1.82, 2.24) is 0 Å². The Labute approximate surface area is 74.7 Å². The summed E-state index contributed by atoms with van der Waals surface area (Å²) in [6.45, 7) is 0. The Morgan fingerprint density at radius 3 is 2.83 bits per heavy atom. The van der Waals surface area contributed by atoms with Crippen LogP contribution in [0.15, 0.2) is 24.3 Å². The molecule has 1 aromatic carbocycles. The van der Waals surface area contributed by atoms with Gasteiger partial charge in [-0.3, -0.25) is 0 Å². The minimum absolute atomic E-state index is 0.0649. The van der Waals surface area contributed by atoms with Crippen molar-refractivity contribution < 1.29 is 4.39 Å². The van der Waals surface area contributed by atoms with Crippen molar-refractivity contribution in [3.63, 3.8) is 0 Å². The van der Waals surface area contributed by atoms with Gasteiger partial charge in [-0.05, 0) is 23.8 Å². The molecule has 1 rings (SSSR count). The van der Waals surface area contributed by atoms with E-state index in [1.165, 1.54) is 18.2 Å². The third-order valence-corrected chi connectivity index (χ3v) is 1.58. The molecule has 0 spiro atoms. The molecule has 0 aliphatic carbocycles. The van der Waals surface area contributed by atoms with E-state index < -0.39 is 5.82 Å². The lowest BCUT2D eigenvalue weighted by Crippen LogP contribution is -1.77. The van der Waals surface area contributed by atoms with Gasteiger partial charge in [0.05, 0.1) is 11.1 Å². The van der Waals surface area contributed by atoms with Crippen molar-refractivity contribution >= 4 is 17.7 Å². The highest BCUT2D eigenvalue weighted by Gasteiger charge is 1.97. The third kappa shape index (κ3) is 2.08. The number of nitriles is 1. The summed E-state index contributed by atoms with van der Waals surface area (Å²) >= 11 is 5.50. The average Bonchev–Trinajstić information content (AvgIpc) is 2.07. The van der Waals surface area contributed by atoms with Crippen LogP contribution < -0.4 is 0 Å². The first-order valence-electron chi connectivity index (χ1n) is 3.25. The minimum Gasteiger partial charge on any atom is -0.205 e. The number of rotatable bonds is 1. The molecule has 0 aromatic heterocycles. The fraction of sp³-hybridized carbons (Fsp3) is 0. The zero-order valence-electron chi connectivity index (χ0n) is 6.09. The highest BCUT2D eigenvalue weighted by Crippen LogP contribution is 2.16. The predicted molar refractivity (Wildman–Crippen MR) is 46.1 cm³/mol. The van der Waals surface area contributed by atoms with Gasteiger partial charge in [-0.15, -0.1) is 0 Å². The molecule has 0 amide bonds. The van der Waals surface area contributed by atoms with E-state index in [-0.39, 0.29) is 5.02 Å². The first-order chi connectivity index (χ1) is 5.74. The molecule has 12 heavy (non-hydrogen) atoms. The summed E-state index contributed by atoms with van der Waals surface area (Å²) < 4.78 is 12.6. The largest absolute Gasteiger partial charge is 0.205 e. The molecular formula is C9H5ClFN. The molecule has 0 aliphatic rings. The highest BCUT2D eigenvalue weighted by atomic mass is 35.5. The molecule has 0 N–H and O–H groups in total. The van der Waals surface area contributed by atoms with Crippen LogP contribution in [0.4, 0.5) is 4.39 Å². The number of benzene rings is 1. The second-order valence-electron chi connectivity index (χ2n) is 2.14. The molecule has 0 heterocycles. The number of hydrogen-bond donors (Lipinski definition) is 0. The lowest BCUT2D eigenvalue weighted by atomic mass is 10.2. The second kappa shape index (κ2) is 3.89. The maximum absolute atomic E-state index is 12.6. The van der Waals surface area contributed by atoms with Gasteiger partial charge in [-0.25, -0.2) is 4.39 Å². The number of hydrogen-bond acceptors (Lipinski definition) is 1. The highest BCUT2D eigenvalue weighted by molar-refractivity contribution is 6.30. The topological polar surface area (TPSA) is 23.8 Å². The molecule has 0 unspecified atom stereocenters. The van der Waals surface area contributed by atoms with E-state index in [2.05, 4.69) is 0 Å². The fourth-order valence-electron chi connectivity index (χ4n) is 0.750. The van der Waals surface area contributed by atoms with E-state index in [1.54, 1.807) is 12.1 Å². The maximum atomic E-state index is 12.6. The molecule has 0 radical (unpaired) electrons. The zero-order valence-corrected chi connectivity index (χ0v) is 6.85. The molecule has 3 heteroatoms. The van der Waals surface area contributed by atoms with Crippen molar-refractivity contribution in [3.8, 4) is 6.07 Å². The molecular weight excluding hydrogens is 177 g/mol.